The molecule has 2 N–H and O–H groups in total. The molecule has 2 atom stereocenters. The van der Waals surface area contributed by atoms with E-state index in [2.05, 4.69) is 0 Å². The standard InChI is InChI=1S/C9H18N2O3S2/c1-3-7(10)9(12)11-4-5-15-6-8(11)16(2,13)14/h7-8H,3-6,10H2,1-2H3. The van der Waals surface area contributed by atoms with Gasteiger partial charge in [0.15, 0.2) is 9.84 Å². The quantitative estimate of drug-likeness (QED) is 0.756. The van der Waals surface area contributed by atoms with E-state index >= 15 is 0 Å². The number of carbonyl (C=O) groups excluding carboxylic acids is 1. The Morgan fingerprint density at radius 2 is 2.25 bits per heavy atom. The number of amides is 1. The Kier molecular flexibility index (Phi) is 4.63. The van der Waals surface area contributed by atoms with Crippen LogP contribution in [0.4, 0.5) is 0 Å². The molecule has 1 rings (SSSR count). The van der Waals surface area contributed by atoms with Crippen molar-refractivity contribution in [2.45, 2.75) is 24.8 Å². The van der Waals surface area contributed by atoms with E-state index in [-0.39, 0.29) is 5.91 Å². The number of thioether (sulfide) groups is 1. The van der Waals surface area contributed by atoms with Gasteiger partial charge in [-0.2, -0.15) is 11.8 Å². The summed E-state index contributed by atoms with van der Waals surface area (Å²) in [6, 6.07) is -0.590. The zero-order valence-electron chi connectivity index (χ0n) is 9.55. The Bertz CT molecular complexity index is 356. The molecule has 0 bridgehead atoms. The maximum absolute atomic E-state index is 11.9. The summed E-state index contributed by atoms with van der Waals surface area (Å²) in [5.41, 5.74) is 5.66. The highest BCUT2D eigenvalue weighted by Gasteiger charge is 2.35. The zero-order chi connectivity index (χ0) is 12.3. The van der Waals surface area contributed by atoms with Crippen molar-refractivity contribution in [1.82, 2.24) is 4.90 Å². The van der Waals surface area contributed by atoms with E-state index < -0.39 is 21.3 Å². The van der Waals surface area contributed by atoms with Crippen molar-refractivity contribution in [2.75, 3.05) is 24.3 Å². The molecule has 1 aliphatic rings. The van der Waals surface area contributed by atoms with E-state index in [0.29, 0.717) is 18.7 Å². The first-order chi connectivity index (χ1) is 7.38. The van der Waals surface area contributed by atoms with Crippen LogP contribution in [0.1, 0.15) is 13.3 Å². The Labute approximate surface area is 101 Å². The van der Waals surface area contributed by atoms with Crippen molar-refractivity contribution in [3.63, 3.8) is 0 Å². The molecule has 0 spiro atoms. The third-order valence-electron chi connectivity index (χ3n) is 2.62. The van der Waals surface area contributed by atoms with Gasteiger partial charge in [-0.05, 0) is 6.42 Å². The third kappa shape index (κ3) is 3.11. The summed E-state index contributed by atoms with van der Waals surface area (Å²) in [5.74, 6) is 0.966. The van der Waals surface area contributed by atoms with Crippen LogP contribution in [0.2, 0.25) is 0 Å². The second-order valence-electron chi connectivity index (χ2n) is 3.91. The van der Waals surface area contributed by atoms with Gasteiger partial charge in [-0.15, -0.1) is 0 Å². The predicted octanol–water partition coefficient (Wildman–Crippen LogP) is -0.330. The number of hydrogen-bond donors (Lipinski definition) is 1. The Hall–Kier alpha value is -0.270. The SMILES string of the molecule is CCC(N)C(=O)N1CCSCC1S(C)(=O)=O. The van der Waals surface area contributed by atoms with Gasteiger partial charge >= 0.3 is 0 Å². The van der Waals surface area contributed by atoms with Gasteiger partial charge < -0.3 is 10.6 Å². The first-order valence-corrected chi connectivity index (χ1v) is 8.31. The molecule has 0 aliphatic carbocycles. The Morgan fingerprint density at radius 1 is 1.62 bits per heavy atom. The monoisotopic (exact) mass is 266 g/mol. The first kappa shape index (κ1) is 13.8. The summed E-state index contributed by atoms with van der Waals surface area (Å²) in [5, 5.41) is -0.712. The number of sulfone groups is 1. The molecule has 1 amide bonds. The molecule has 94 valence electrons. The largest absolute Gasteiger partial charge is 0.323 e. The van der Waals surface area contributed by atoms with E-state index in [1.807, 2.05) is 6.92 Å². The predicted molar refractivity (Wildman–Crippen MR) is 65.9 cm³/mol. The summed E-state index contributed by atoms with van der Waals surface area (Å²) >= 11 is 1.56. The zero-order valence-corrected chi connectivity index (χ0v) is 11.2. The van der Waals surface area contributed by atoms with Gasteiger partial charge in [-0.25, -0.2) is 8.42 Å². The van der Waals surface area contributed by atoms with Crippen LogP contribution in [0.3, 0.4) is 0 Å². The van der Waals surface area contributed by atoms with Crippen molar-refractivity contribution in [2.24, 2.45) is 5.73 Å². The fourth-order valence-electron chi connectivity index (χ4n) is 1.58. The van der Waals surface area contributed by atoms with Crippen LogP contribution in [0.5, 0.6) is 0 Å². The molecule has 0 aromatic heterocycles. The molecule has 16 heavy (non-hydrogen) atoms. The molecule has 1 heterocycles. The van der Waals surface area contributed by atoms with E-state index in [0.717, 1.165) is 5.75 Å². The molecule has 0 aromatic rings. The summed E-state index contributed by atoms with van der Waals surface area (Å²) in [6.45, 7) is 2.28. The van der Waals surface area contributed by atoms with Gasteiger partial charge in [0, 0.05) is 24.3 Å². The molecule has 5 nitrogen and oxygen atoms in total. The average molecular weight is 266 g/mol. The van der Waals surface area contributed by atoms with Crippen molar-refractivity contribution in [3.8, 4) is 0 Å². The third-order valence-corrected chi connectivity index (χ3v) is 5.26. The van der Waals surface area contributed by atoms with Crippen molar-refractivity contribution < 1.29 is 13.2 Å². The summed E-state index contributed by atoms with van der Waals surface area (Å²) < 4.78 is 23.1. The summed E-state index contributed by atoms with van der Waals surface area (Å²) in [4.78, 5) is 13.3. The lowest BCUT2D eigenvalue weighted by molar-refractivity contribution is -0.133. The van der Waals surface area contributed by atoms with Crippen LogP contribution in [-0.4, -0.2) is 54.9 Å². The average Bonchev–Trinajstić information content (AvgIpc) is 2.26. The maximum Gasteiger partial charge on any atom is 0.240 e. The minimum atomic E-state index is -3.23. The summed E-state index contributed by atoms with van der Waals surface area (Å²) in [7, 11) is -3.23. The maximum atomic E-state index is 11.9. The lowest BCUT2D eigenvalue weighted by Crippen LogP contribution is -2.54. The highest BCUT2D eigenvalue weighted by molar-refractivity contribution is 8.00. The van der Waals surface area contributed by atoms with E-state index in [1.54, 1.807) is 11.8 Å². The Morgan fingerprint density at radius 3 is 2.75 bits per heavy atom. The molecular formula is C9H18N2O3S2. The van der Waals surface area contributed by atoms with E-state index in [9.17, 15) is 13.2 Å². The van der Waals surface area contributed by atoms with Gasteiger partial charge in [0.1, 0.15) is 5.37 Å². The number of nitrogens with two attached hydrogens (primary N) is 1. The number of rotatable bonds is 3. The van der Waals surface area contributed by atoms with Gasteiger partial charge in [0.2, 0.25) is 5.91 Å². The van der Waals surface area contributed by atoms with Crippen LogP contribution in [0, 0.1) is 0 Å². The highest BCUT2D eigenvalue weighted by Crippen LogP contribution is 2.21. The van der Waals surface area contributed by atoms with E-state index in [4.69, 9.17) is 5.73 Å². The summed E-state index contributed by atoms with van der Waals surface area (Å²) in [6.07, 6.45) is 1.69. The van der Waals surface area contributed by atoms with Crippen LogP contribution >= 0.6 is 11.8 Å². The van der Waals surface area contributed by atoms with Gasteiger partial charge in [0.25, 0.3) is 0 Å². The van der Waals surface area contributed by atoms with Gasteiger partial charge in [0.05, 0.1) is 6.04 Å². The molecule has 1 saturated heterocycles. The van der Waals surface area contributed by atoms with E-state index in [1.165, 1.54) is 11.2 Å². The first-order valence-electron chi connectivity index (χ1n) is 5.20. The molecule has 2 unspecified atom stereocenters. The fourth-order valence-corrected chi connectivity index (χ4v) is 4.40. The number of hydrogen-bond acceptors (Lipinski definition) is 5. The fraction of sp³-hybridized carbons (Fsp3) is 0.889. The molecular weight excluding hydrogens is 248 g/mol. The molecule has 1 fully saturated rings. The second kappa shape index (κ2) is 5.37. The normalized spacial score (nSPS) is 24.2. The van der Waals surface area contributed by atoms with Gasteiger partial charge in [-0.3, -0.25) is 4.79 Å². The highest BCUT2D eigenvalue weighted by atomic mass is 32.2. The van der Waals surface area contributed by atoms with Crippen LogP contribution in [0.15, 0.2) is 0 Å². The minimum absolute atomic E-state index is 0.252. The van der Waals surface area contributed by atoms with Crippen molar-refractivity contribution >= 4 is 27.5 Å². The molecule has 1 aliphatic heterocycles. The van der Waals surface area contributed by atoms with Crippen LogP contribution in [0.25, 0.3) is 0 Å². The smallest absolute Gasteiger partial charge is 0.240 e. The minimum Gasteiger partial charge on any atom is -0.323 e. The molecule has 0 radical (unpaired) electrons. The van der Waals surface area contributed by atoms with Crippen molar-refractivity contribution in [3.05, 3.63) is 0 Å². The number of nitrogens with zero attached hydrogens (tertiary/aromatic N) is 1. The van der Waals surface area contributed by atoms with Crippen molar-refractivity contribution in [1.29, 1.82) is 0 Å². The van der Waals surface area contributed by atoms with Gasteiger partial charge in [-0.1, -0.05) is 6.92 Å². The number of carbonyl (C=O) groups is 1. The Balaban J connectivity index is 2.87. The topological polar surface area (TPSA) is 80.5 Å². The molecule has 0 aromatic carbocycles. The second-order valence-corrected chi connectivity index (χ2v) is 7.26. The lowest BCUT2D eigenvalue weighted by Gasteiger charge is -2.35. The van der Waals surface area contributed by atoms with Crippen LogP contribution in [-0.2, 0) is 14.6 Å². The molecule has 0 saturated carbocycles. The molecule has 7 heteroatoms. The lowest BCUT2D eigenvalue weighted by atomic mass is 10.2. The van der Waals surface area contributed by atoms with Crippen LogP contribution < -0.4 is 5.73 Å².